The van der Waals surface area contributed by atoms with Crippen molar-refractivity contribution in [2.45, 2.75) is 13.8 Å². The van der Waals surface area contributed by atoms with Gasteiger partial charge in [0.15, 0.2) is 0 Å². The van der Waals surface area contributed by atoms with Gasteiger partial charge in [0, 0.05) is 45.0 Å². The zero-order valence-electron chi connectivity index (χ0n) is 12.7. The van der Waals surface area contributed by atoms with Crippen molar-refractivity contribution >= 4 is 5.69 Å². The van der Waals surface area contributed by atoms with Gasteiger partial charge >= 0.3 is 0 Å². The molecule has 0 bridgehead atoms. The monoisotopic (exact) mass is 271 g/mol. The van der Waals surface area contributed by atoms with E-state index in [1.807, 2.05) is 0 Å². The number of rotatable bonds is 5. The van der Waals surface area contributed by atoms with E-state index in [1.54, 1.807) is 0 Å². The number of hydrogen-bond acceptors (Lipinski definition) is 3. The average Bonchev–Trinajstić information content (AvgIpc) is 2.47. The molecule has 0 unspecified atom stereocenters. The van der Waals surface area contributed by atoms with Crippen molar-refractivity contribution in [2.24, 2.45) is 0 Å². The Morgan fingerprint density at radius 2 is 1.95 bits per heavy atom. The van der Waals surface area contributed by atoms with Gasteiger partial charge in [0.05, 0.1) is 6.54 Å². The van der Waals surface area contributed by atoms with Crippen LogP contribution in [-0.4, -0.2) is 50.7 Å². The lowest BCUT2D eigenvalue weighted by Gasteiger charge is -2.37. The number of anilines is 1. The quantitative estimate of drug-likeness (QED) is 0.649. The Morgan fingerprint density at radius 1 is 1.20 bits per heavy atom. The zero-order chi connectivity index (χ0) is 14.4. The second kappa shape index (κ2) is 7.33. The third-order valence-corrected chi connectivity index (χ3v) is 4.12. The molecule has 1 aliphatic heterocycles. The average molecular weight is 271 g/mol. The van der Waals surface area contributed by atoms with Crippen LogP contribution in [0.15, 0.2) is 18.2 Å². The Morgan fingerprint density at radius 3 is 2.65 bits per heavy atom. The van der Waals surface area contributed by atoms with Crippen LogP contribution in [0.4, 0.5) is 5.69 Å². The standard InChI is InChI=1S/C17H25N3/c1-4-8-18-9-10-19-11-13-20(14-12-19)17-7-5-6-15(2)16(17)3/h1,5-7,18H,8-14H2,2-3H3. The second-order valence-corrected chi connectivity index (χ2v) is 5.43. The van der Waals surface area contributed by atoms with Gasteiger partial charge in [-0.2, -0.15) is 0 Å². The van der Waals surface area contributed by atoms with Gasteiger partial charge in [-0.3, -0.25) is 4.90 Å². The molecule has 0 aliphatic carbocycles. The molecule has 0 amide bonds. The fourth-order valence-electron chi connectivity index (χ4n) is 2.69. The molecule has 3 heteroatoms. The Balaban J connectivity index is 1.82. The number of terminal acetylenes is 1. The highest BCUT2D eigenvalue weighted by molar-refractivity contribution is 5.56. The summed E-state index contributed by atoms with van der Waals surface area (Å²) < 4.78 is 0. The van der Waals surface area contributed by atoms with Gasteiger partial charge in [-0.1, -0.05) is 18.1 Å². The van der Waals surface area contributed by atoms with Crippen LogP contribution in [0, 0.1) is 26.2 Å². The minimum absolute atomic E-state index is 0.669. The number of nitrogens with one attached hydrogen (secondary N) is 1. The van der Waals surface area contributed by atoms with E-state index in [1.165, 1.54) is 16.8 Å². The van der Waals surface area contributed by atoms with E-state index in [0.29, 0.717) is 6.54 Å². The first-order valence-electron chi connectivity index (χ1n) is 7.40. The molecule has 0 atom stereocenters. The fourth-order valence-corrected chi connectivity index (χ4v) is 2.69. The SMILES string of the molecule is C#CCNCCN1CCN(c2cccc(C)c2C)CC1. The lowest BCUT2D eigenvalue weighted by molar-refractivity contribution is 0.259. The second-order valence-electron chi connectivity index (χ2n) is 5.43. The summed E-state index contributed by atoms with van der Waals surface area (Å²) in [5.41, 5.74) is 4.19. The number of hydrogen-bond donors (Lipinski definition) is 1. The summed E-state index contributed by atoms with van der Waals surface area (Å²) in [6.07, 6.45) is 5.22. The molecule has 0 radical (unpaired) electrons. The Kier molecular flexibility index (Phi) is 5.46. The molecular weight excluding hydrogens is 246 g/mol. The summed E-state index contributed by atoms with van der Waals surface area (Å²) in [7, 11) is 0. The number of aryl methyl sites for hydroxylation is 1. The van der Waals surface area contributed by atoms with Gasteiger partial charge in [0.2, 0.25) is 0 Å². The highest BCUT2D eigenvalue weighted by Gasteiger charge is 2.18. The lowest BCUT2D eigenvalue weighted by atomic mass is 10.1. The molecule has 1 aromatic rings. The predicted molar refractivity (Wildman–Crippen MR) is 86.3 cm³/mol. The molecule has 3 nitrogen and oxygen atoms in total. The molecule has 0 saturated carbocycles. The van der Waals surface area contributed by atoms with E-state index in [4.69, 9.17) is 6.42 Å². The molecule has 1 N–H and O–H groups in total. The third kappa shape index (κ3) is 3.75. The maximum absolute atomic E-state index is 5.22. The molecule has 0 aromatic heterocycles. The minimum Gasteiger partial charge on any atom is -0.369 e. The van der Waals surface area contributed by atoms with Crippen molar-refractivity contribution in [1.29, 1.82) is 0 Å². The van der Waals surface area contributed by atoms with Crippen molar-refractivity contribution in [3.8, 4) is 12.3 Å². The molecule has 1 saturated heterocycles. The van der Waals surface area contributed by atoms with E-state index in [9.17, 15) is 0 Å². The summed E-state index contributed by atoms with van der Waals surface area (Å²) >= 11 is 0. The summed E-state index contributed by atoms with van der Waals surface area (Å²) in [6.45, 7) is 11.6. The van der Waals surface area contributed by atoms with Crippen LogP contribution in [0.1, 0.15) is 11.1 Å². The van der Waals surface area contributed by atoms with Crippen LogP contribution >= 0.6 is 0 Å². The van der Waals surface area contributed by atoms with Gasteiger partial charge < -0.3 is 10.2 Å². The minimum atomic E-state index is 0.669. The summed E-state index contributed by atoms with van der Waals surface area (Å²) in [4.78, 5) is 5.01. The number of piperazine rings is 1. The van der Waals surface area contributed by atoms with Crippen LogP contribution in [-0.2, 0) is 0 Å². The van der Waals surface area contributed by atoms with Gasteiger partial charge in [-0.25, -0.2) is 0 Å². The summed E-state index contributed by atoms with van der Waals surface area (Å²) in [5.74, 6) is 2.61. The summed E-state index contributed by atoms with van der Waals surface area (Å²) in [6, 6.07) is 6.59. The first-order chi connectivity index (χ1) is 9.72. The molecule has 0 spiro atoms. The van der Waals surface area contributed by atoms with E-state index in [-0.39, 0.29) is 0 Å². The van der Waals surface area contributed by atoms with Crippen LogP contribution in [0.25, 0.3) is 0 Å². The number of benzene rings is 1. The normalized spacial score (nSPS) is 16.1. The van der Waals surface area contributed by atoms with Crippen LogP contribution < -0.4 is 10.2 Å². The molecule has 1 fully saturated rings. The van der Waals surface area contributed by atoms with Gasteiger partial charge in [-0.15, -0.1) is 6.42 Å². The van der Waals surface area contributed by atoms with Gasteiger partial charge in [0.25, 0.3) is 0 Å². The van der Waals surface area contributed by atoms with Crippen molar-refractivity contribution in [3.63, 3.8) is 0 Å². The van der Waals surface area contributed by atoms with Gasteiger partial charge in [-0.05, 0) is 31.0 Å². The molecular formula is C17H25N3. The van der Waals surface area contributed by atoms with Crippen molar-refractivity contribution in [1.82, 2.24) is 10.2 Å². The van der Waals surface area contributed by atoms with Crippen LogP contribution in [0.2, 0.25) is 0 Å². The van der Waals surface area contributed by atoms with Crippen molar-refractivity contribution in [3.05, 3.63) is 29.3 Å². The molecule has 20 heavy (non-hydrogen) atoms. The molecule has 1 aliphatic rings. The van der Waals surface area contributed by atoms with E-state index < -0.39 is 0 Å². The predicted octanol–water partition coefficient (Wildman–Crippen LogP) is 1.65. The third-order valence-electron chi connectivity index (χ3n) is 4.12. The van der Waals surface area contributed by atoms with Crippen molar-refractivity contribution < 1.29 is 0 Å². The molecule has 2 rings (SSSR count). The van der Waals surface area contributed by atoms with E-state index in [0.717, 1.165) is 39.3 Å². The topological polar surface area (TPSA) is 18.5 Å². The first-order valence-corrected chi connectivity index (χ1v) is 7.40. The largest absolute Gasteiger partial charge is 0.369 e. The Labute approximate surface area is 123 Å². The first kappa shape index (κ1) is 14.9. The fraction of sp³-hybridized carbons (Fsp3) is 0.529. The highest BCUT2D eigenvalue weighted by Crippen LogP contribution is 2.23. The van der Waals surface area contributed by atoms with E-state index in [2.05, 4.69) is 53.1 Å². The summed E-state index contributed by atoms with van der Waals surface area (Å²) in [5, 5.41) is 3.25. The van der Waals surface area contributed by atoms with Gasteiger partial charge in [0.1, 0.15) is 0 Å². The molecule has 108 valence electrons. The maximum Gasteiger partial charge on any atom is 0.0574 e. The zero-order valence-corrected chi connectivity index (χ0v) is 12.7. The Bertz CT molecular complexity index is 468. The maximum atomic E-state index is 5.22. The smallest absolute Gasteiger partial charge is 0.0574 e. The Hall–Kier alpha value is -1.50. The van der Waals surface area contributed by atoms with Crippen LogP contribution in [0.3, 0.4) is 0 Å². The number of nitrogens with zero attached hydrogens (tertiary/aromatic N) is 2. The molecule has 1 aromatic carbocycles. The van der Waals surface area contributed by atoms with Crippen molar-refractivity contribution in [2.75, 3.05) is 50.7 Å². The molecule has 1 heterocycles. The highest BCUT2D eigenvalue weighted by atomic mass is 15.3. The van der Waals surface area contributed by atoms with E-state index >= 15 is 0 Å². The van der Waals surface area contributed by atoms with Crippen LogP contribution in [0.5, 0.6) is 0 Å². The lowest BCUT2D eigenvalue weighted by Crippen LogP contribution is -2.48.